The van der Waals surface area contributed by atoms with Gasteiger partial charge in [-0.3, -0.25) is 4.68 Å². The minimum Gasteiger partial charge on any atom is -0.376 e. The number of aryl methyl sites for hydroxylation is 1. The number of nitrogens with one attached hydrogen (secondary N) is 1. The van der Waals surface area contributed by atoms with Crippen LogP contribution in [0.5, 0.6) is 0 Å². The van der Waals surface area contributed by atoms with Gasteiger partial charge in [0, 0.05) is 25.1 Å². The van der Waals surface area contributed by atoms with Crippen LogP contribution < -0.4 is 5.32 Å². The Bertz CT molecular complexity index is 567. The molecule has 0 aromatic carbocycles. The Labute approximate surface area is 117 Å². The lowest BCUT2D eigenvalue weighted by molar-refractivity contribution is 0.744. The van der Waals surface area contributed by atoms with Crippen molar-refractivity contribution in [2.24, 2.45) is 7.05 Å². The zero-order chi connectivity index (χ0) is 13.4. The van der Waals surface area contributed by atoms with Gasteiger partial charge in [0.25, 0.3) is 0 Å². The monoisotopic (exact) mass is 277 g/mol. The van der Waals surface area contributed by atoms with Crippen molar-refractivity contribution in [1.29, 1.82) is 0 Å². The van der Waals surface area contributed by atoms with Crippen LogP contribution in [0.4, 0.5) is 5.69 Å². The minimum atomic E-state index is 0.451. The van der Waals surface area contributed by atoms with Crippen molar-refractivity contribution in [2.45, 2.75) is 45.1 Å². The normalized spacial score (nSPS) is 15.2. The Hall–Kier alpha value is -1.43. The molecule has 0 saturated heterocycles. The highest BCUT2D eigenvalue weighted by molar-refractivity contribution is 7.11. The summed E-state index contributed by atoms with van der Waals surface area (Å²) in [7, 11) is 1.97. The van der Waals surface area contributed by atoms with E-state index in [1.165, 1.54) is 18.5 Å². The van der Waals surface area contributed by atoms with Gasteiger partial charge in [0.15, 0.2) is 0 Å². The lowest BCUT2D eigenvalue weighted by Crippen LogP contribution is -2.00. The molecule has 0 bridgehead atoms. The van der Waals surface area contributed by atoms with Crippen molar-refractivity contribution >= 4 is 17.0 Å². The standard InChI is InChI=1S/C13H19N5S/c1-8(2)13-16-15-11(19-13)6-14-10-7-18(3)17-12(10)9-4-5-9/h7-9,14H,4-6H2,1-3H3. The quantitative estimate of drug-likeness (QED) is 0.913. The van der Waals surface area contributed by atoms with Gasteiger partial charge in [-0.05, 0) is 12.8 Å². The SMILES string of the molecule is CC(C)c1nnc(CNc2cn(C)nc2C2CC2)s1. The maximum absolute atomic E-state index is 4.54. The molecule has 1 N–H and O–H groups in total. The van der Waals surface area contributed by atoms with E-state index >= 15 is 0 Å². The molecule has 102 valence electrons. The summed E-state index contributed by atoms with van der Waals surface area (Å²) in [4.78, 5) is 0. The van der Waals surface area contributed by atoms with Crippen molar-refractivity contribution in [2.75, 3.05) is 5.32 Å². The molecule has 0 amide bonds. The fourth-order valence-corrected chi connectivity index (χ4v) is 2.83. The van der Waals surface area contributed by atoms with Crippen LogP contribution in [-0.2, 0) is 13.6 Å². The highest BCUT2D eigenvalue weighted by Crippen LogP contribution is 2.42. The molecule has 5 nitrogen and oxygen atoms in total. The molecule has 0 spiro atoms. The van der Waals surface area contributed by atoms with Gasteiger partial charge in [0.05, 0.1) is 17.9 Å². The number of nitrogens with zero attached hydrogens (tertiary/aromatic N) is 4. The molecule has 19 heavy (non-hydrogen) atoms. The van der Waals surface area contributed by atoms with E-state index in [4.69, 9.17) is 0 Å². The Balaban J connectivity index is 1.68. The van der Waals surface area contributed by atoms with Crippen LogP contribution in [0.15, 0.2) is 6.20 Å². The van der Waals surface area contributed by atoms with Crippen LogP contribution in [0.25, 0.3) is 0 Å². The van der Waals surface area contributed by atoms with Crippen molar-refractivity contribution in [3.05, 3.63) is 21.9 Å². The Kier molecular flexibility index (Phi) is 3.26. The predicted molar refractivity (Wildman–Crippen MR) is 76.5 cm³/mol. The van der Waals surface area contributed by atoms with Crippen molar-refractivity contribution in [1.82, 2.24) is 20.0 Å². The van der Waals surface area contributed by atoms with Crippen LogP contribution >= 0.6 is 11.3 Å². The maximum atomic E-state index is 4.54. The van der Waals surface area contributed by atoms with Crippen LogP contribution in [0.3, 0.4) is 0 Å². The molecule has 6 heteroatoms. The molecule has 1 aliphatic rings. The van der Waals surface area contributed by atoms with Crippen LogP contribution in [0, 0.1) is 0 Å². The summed E-state index contributed by atoms with van der Waals surface area (Å²) in [5.41, 5.74) is 2.35. The smallest absolute Gasteiger partial charge is 0.136 e. The first-order valence-electron chi connectivity index (χ1n) is 6.73. The van der Waals surface area contributed by atoms with Crippen molar-refractivity contribution in [3.8, 4) is 0 Å². The summed E-state index contributed by atoms with van der Waals surface area (Å²) in [6.07, 6.45) is 4.59. The second kappa shape index (κ2) is 4.92. The molecule has 1 fully saturated rings. The summed E-state index contributed by atoms with van der Waals surface area (Å²) in [5.74, 6) is 1.11. The van der Waals surface area contributed by atoms with E-state index in [0.29, 0.717) is 11.8 Å². The second-order valence-electron chi connectivity index (χ2n) is 5.42. The third kappa shape index (κ3) is 2.78. The summed E-state index contributed by atoms with van der Waals surface area (Å²) in [6.45, 7) is 5.02. The number of hydrogen-bond donors (Lipinski definition) is 1. The summed E-state index contributed by atoms with van der Waals surface area (Å²) in [5, 5.41) is 18.6. The molecular formula is C13H19N5S. The van der Waals surface area contributed by atoms with E-state index in [-0.39, 0.29) is 0 Å². The van der Waals surface area contributed by atoms with Gasteiger partial charge in [0.2, 0.25) is 0 Å². The molecule has 0 atom stereocenters. The molecule has 0 unspecified atom stereocenters. The largest absolute Gasteiger partial charge is 0.376 e. The summed E-state index contributed by atoms with van der Waals surface area (Å²) >= 11 is 1.68. The molecule has 1 aliphatic carbocycles. The zero-order valence-corrected chi connectivity index (χ0v) is 12.4. The highest BCUT2D eigenvalue weighted by atomic mass is 32.1. The topological polar surface area (TPSA) is 55.6 Å². The first-order valence-corrected chi connectivity index (χ1v) is 7.55. The number of aromatic nitrogens is 4. The van der Waals surface area contributed by atoms with E-state index in [2.05, 4.69) is 40.7 Å². The van der Waals surface area contributed by atoms with E-state index in [9.17, 15) is 0 Å². The lowest BCUT2D eigenvalue weighted by atomic mass is 10.2. The third-order valence-corrected chi connectivity index (χ3v) is 4.45. The zero-order valence-electron chi connectivity index (χ0n) is 11.6. The van der Waals surface area contributed by atoms with Gasteiger partial charge in [-0.15, -0.1) is 10.2 Å². The first-order chi connectivity index (χ1) is 9.13. The second-order valence-corrected chi connectivity index (χ2v) is 6.51. The van der Waals surface area contributed by atoms with Crippen molar-refractivity contribution in [3.63, 3.8) is 0 Å². The fraction of sp³-hybridized carbons (Fsp3) is 0.615. The lowest BCUT2D eigenvalue weighted by Gasteiger charge is -2.02. The maximum Gasteiger partial charge on any atom is 0.136 e. The average Bonchev–Trinajstić information content (AvgIpc) is 2.97. The van der Waals surface area contributed by atoms with E-state index in [0.717, 1.165) is 22.2 Å². The molecule has 0 aliphatic heterocycles. The van der Waals surface area contributed by atoms with Crippen LogP contribution in [0.2, 0.25) is 0 Å². The van der Waals surface area contributed by atoms with E-state index in [1.54, 1.807) is 11.3 Å². The van der Waals surface area contributed by atoms with Crippen LogP contribution in [-0.4, -0.2) is 20.0 Å². The fourth-order valence-electron chi connectivity index (χ4n) is 2.04. The van der Waals surface area contributed by atoms with E-state index in [1.807, 2.05) is 11.7 Å². The molecule has 1 saturated carbocycles. The first kappa shape index (κ1) is 12.6. The molecular weight excluding hydrogens is 258 g/mol. The summed E-state index contributed by atoms with van der Waals surface area (Å²) < 4.78 is 1.88. The Morgan fingerprint density at radius 2 is 2.21 bits per heavy atom. The van der Waals surface area contributed by atoms with Gasteiger partial charge in [-0.2, -0.15) is 5.10 Å². The molecule has 3 rings (SSSR count). The molecule has 2 aromatic rings. The highest BCUT2D eigenvalue weighted by Gasteiger charge is 2.29. The van der Waals surface area contributed by atoms with Crippen LogP contribution in [0.1, 0.15) is 54.2 Å². The Morgan fingerprint density at radius 3 is 2.84 bits per heavy atom. The predicted octanol–water partition coefficient (Wildman–Crippen LogP) is 2.88. The van der Waals surface area contributed by atoms with Gasteiger partial charge in [-0.25, -0.2) is 0 Å². The van der Waals surface area contributed by atoms with Gasteiger partial charge in [0.1, 0.15) is 10.0 Å². The summed E-state index contributed by atoms with van der Waals surface area (Å²) in [6, 6.07) is 0. The minimum absolute atomic E-state index is 0.451. The Morgan fingerprint density at radius 1 is 1.42 bits per heavy atom. The third-order valence-electron chi connectivity index (χ3n) is 3.23. The molecule has 0 radical (unpaired) electrons. The van der Waals surface area contributed by atoms with Gasteiger partial charge < -0.3 is 5.32 Å². The number of hydrogen-bond acceptors (Lipinski definition) is 5. The van der Waals surface area contributed by atoms with Gasteiger partial charge >= 0.3 is 0 Å². The average molecular weight is 277 g/mol. The number of anilines is 1. The van der Waals surface area contributed by atoms with Crippen molar-refractivity contribution < 1.29 is 0 Å². The molecule has 2 heterocycles. The number of rotatable bonds is 5. The van der Waals surface area contributed by atoms with E-state index < -0.39 is 0 Å². The molecule has 2 aromatic heterocycles. The van der Waals surface area contributed by atoms with Gasteiger partial charge in [-0.1, -0.05) is 25.2 Å².